The van der Waals surface area contributed by atoms with Gasteiger partial charge in [-0.2, -0.15) is 0 Å². The number of fused-ring (bicyclic) bond motifs is 1. The number of nitrogens with one attached hydrogen (secondary N) is 3. The SMILES string of the molecule is CNC(=O)c1c[nH]c(=O)c(F)c1-c1c(Cl)c(F)cc2c1C[C@](c1ccccc1)(C1CCCN1)O2. The number of carbonyl (C=O) groups excluding carboxylic acids is 1. The minimum absolute atomic E-state index is 0.0466. The molecule has 2 aliphatic rings. The summed E-state index contributed by atoms with van der Waals surface area (Å²) in [5, 5.41) is 5.52. The van der Waals surface area contributed by atoms with Gasteiger partial charge >= 0.3 is 0 Å². The Hall–Kier alpha value is -3.23. The van der Waals surface area contributed by atoms with Crippen molar-refractivity contribution in [3.05, 3.63) is 86.3 Å². The largest absolute Gasteiger partial charge is 0.480 e. The molecular formula is C25H22ClF2N3O3. The quantitative estimate of drug-likeness (QED) is 0.523. The van der Waals surface area contributed by atoms with Crippen LogP contribution in [-0.4, -0.2) is 30.5 Å². The predicted molar refractivity (Wildman–Crippen MR) is 124 cm³/mol. The molecule has 6 nitrogen and oxygen atoms in total. The summed E-state index contributed by atoms with van der Waals surface area (Å²) in [6.07, 6.45) is 3.13. The summed E-state index contributed by atoms with van der Waals surface area (Å²) in [6, 6.07) is 10.7. The first-order chi connectivity index (χ1) is 16.4. The van der Waals surface area contributed by atoms with Crippen LogP contribution in [0.1, 0.15) is 34.3 Å². The minimum Gasteiger partial charge on any atom is -0.480 e. The van der Waals surface area contributed by atoms with Crippen LogP contribution in [0.3, 0.4) is 0 Å². The van der Waals surface area contributed by atoms with Crippen LogP contribution in [0.4, 0.5) is 8.78 Å². The second-order valence-corrected chi connectivity index (χ2v) is 8.88. The number of halogens is 3. The zero-order valence-electron chi connectivity index (χ0n) is 18.3. The predicted octanol–water partition coefficient (Wildman–Crippen LogP) is 3.92. The molecule has 2 aromatic carbocycles. The van der Waals surface area contributed by atoms with Crippen molar-refractivity contribution < 1.29 is 18.3 Å². The Kier molecular flexibility index (Phi) is 5.65. The second-order valence-electron chi connectivity index (χ2n) is 8.51. The molecule has 1 saturated heterocycles. The lowest BCUT2D eigenvalue weighted by atomic mass is 9.80. The van der Waals surface area contributed by atoms with Gasteiger partial charge in [-0.1, -0.05) is 41.9 Å². The van der Waals surface area contributed by atoms with Crippen molar-refractivity contribution in [2.75, 3.05) is 13.6 Å². The molecule has 1 fully saturated rings. The molecule has 3 heterocycles. The van der Waals surface area contributed by atoms with Crippen molar-refractivity contribution in [3.63, 3.8) is 0 Å². The highest BCUT2D eigenvalue weighted by molar-refractivity contribution is 6.34. The third-order valence-corrected chi connectivity index (χ3v) is 7.03. The number of benzene rings is 2. The standard InChI is InChI=1S/C25H22ClF2N3O3/c1-29-23(32)15-12-31-24(33)22(28)20(15)19-14-11-25(18-8-5-9-30-18,13-6-3-2-4-7-13)34-17(14)10-16(27)21(19)26/h2-4,6-7,10,12,18,30H,5,8-9,11H2,1H3,(H,29,32)(H,31,33)/t18?,25-/m0/s1. The molecule has 34 heavy (non-hydrogen) atoms. The van der Waals surface area contributed by atoms with E-state index < -0.39 is 28.7 Å². The molecule has 2 aliphatic heterocycles. The first-order valence-corrected chi connectivity index (χ1v) is 11.4. The fraction of sp³-hybridized carbons (Fsp3) is 0.280. The van der Waals surface area contributed by atoms with Crippen molar-refractivity contribution in [1.29, 1.82) is 0 Å². The molecule has 1 aromatic heterocycles. The van der Waals surface area contributed by atoms with Crippen molar-refractivity contribution in [2.24, 2.45) is 0 Å². The van der Waals surface area contributed by atoms with Crippen molar-refractivity contribution in [2.45, 2.75) is 30.9 Å². The van der Waals surface area contributed by atoms with Gasteiger partial charge in [-0.05, 0) is 24.9 Å². The first kappa shape index (κ1) is 22.6. The summed E-state index contributed by atoms with van der Waals surface area (Å²) in [6.45, 7) is 0.810. The average Bonchev–Trinajstić information content (AvgIpc) is 3.51. The summed E-state index contributed by atoms with van der Waals surface area (Å²) < 4.78 is 36.8. The number of H-pyrrole nitrogens is 1. The summed E-state index contributed by atoms with van der Waals surface area (Å²) in [5.41, 5.74) is -1.17. The zero-order valence-corrected chi connectivity index (χ0v) is 19.1. The van der Waals surface area contributed by atoms with Crippen LogP contribution in [0.25, 0.3) is 11.1 Å². The fourth-order valence-corrected chi connectivity index (χ4v) is 5.35. The van der Waals surface area contributed by atoms with Crippen LogP contribution in [-0.2, 0) is 12.0 Å². The maximum absolute atomic E-state index is 15.3. The molecule has 3 N–H and O–H groups in total. The van der Waals surface area contributed by atoms with Crippen LogP contribution in [0.2, 0.25) is 5.02 Å². The molecule has 0 bridgehead atoms. The van der Waals surface area contributed by atoms with Gasteiger partial charge in [-0.3, -0.25) is 9.59 Å². The smallest absolute Gasteiger partial charge is 0.284 e. The summed E-state index contributed by atoms with van der Waals surface area (Å²) in [7, 11) is 1.38. The van der Waals surface area contributed by atoms with E-state index in [2.05, 4.69) is 15.6 Å². The Bertz CT molecular complexity index is 1340. The number of carbonyl (C=O) groups is 1. The minimum atomic E-state index is -1.22. The lowest BCUT2D eigenvalue weighted by Crippen LogP contribution is -2.48. The van der Waals surface area contributed by atoms with Crippen molar-refractivity contribution >= 4 is 17.5 Å². The molecule has 1 amide bonds. The molecule has 176 valence electrons. The summed E-state index contributed by atoms with van der Waals surface area (Å²) in [4.78, 5) is 27.0. The lowest BCUT2D eigenvalue weighted by Gasteiger charge is -2.35. The number of hydrogen-bond donors (Lipinski definition) is 3. The van der Waals surface area contributed by atoms with E-state index in [0.29, 0.717) is 5.56 Å². The van der Waals surface area contributed by atoms with E-state index >= 15 is 8.78 Å². The van der Waals surface area contributed by atoms with Gasteiger partial charge in [0.1, 0.15) is 11.6 Å². The normalized spacial score (nSPS) is 21.2. The Morgan fingerprint density at radius 1 is 1.24 bits per heavy atom. The maximum Gasteiger partial charge on any atom is 0.284 e. The molecule has 0 radical (unpaired) electrons. The van der Waals surface area contributed by atoms with Crippen LogP contribution in [0, 0.1) is 11.6 Å². The van der Waals surface area contributed by atoms with Gasteiger partial charge in [0.2, 0.25) is 0 Å². The molecule has 5 rings (SSSR count). The maximum atomic E-state index is 15.3. The van der Waals surface area contributed by atoms with Gasteiger partial charge in [-0.15, -0.1) is 0 Å². The van der Waals surface area contributed by atoms with E-state index in [4.69, 9.17) is 16.3 Å². The van der Waals surface area contributed by atoms with E-state index in [1.54, 1.807) is 0 Å². The molecule has 0 spiro atoms. The first-order valence-electron chi connectivity index (χ1n) is 11.0. The second kappa shape index (κ2) is 8.52. The van der Waals surface area contributed by atoms with Gasteiger partial charge in [0.05, 0.1) is 16.6 Å². The number of aromatic amines is 1. The number of aromatic nitrogens is 1. The number of ether oxygens (including phenoxy) is 1. The lowest BCUT2D eigenvalue weighted by molar-refractivity contribution is 0.0539. The molecule has 0 saturated carbocycles. The van der Waals surface area contributed by atoms with E-state index in [0.717, 1.165) is 31.1 Å². The van der Waals surface area contributed by atoms with Gasteiger partial charge < -0.3 is 20.4 Å². The van der Waals surface area contributed by atoms with Crippen LogP contribution in [0.5, 0.6) is 5.75 Å². The van der Waals surface area contributed by atoms with Gasteiger partial charge in [0, 0.05) is 42.4 Å². The van der Waals surface area contributed by atoms with Crippen LogP contribution >= 0.6 is 11.6 Å². The molecule has 9 heteroatoms. The highest BCUT2D eigenvalue weighted by Crippen LogP contribution is 2.51. The molecule has 0 aliphatic carbocycles. The molecule has 1 unspecified atom stereocenters. The highest BCUT2D eigenvalue weighted by atomic mass is 35.5. The Labute approximate surface area is 199 Å². The monoisotopic (exact) mass is 485 g/mol. The van der Waals surface area contributed by atoms with Gasteiger partial charge in [0.15, 0.2) is 11.4 Å². The van der Waals surface area contributed by atoms with Crippen LogP contribution in [0.15, 0.2) is 47.4 Å². The zero-order chi connectivity index (χ0) is 24.0. The topological polar surface area (TPSA) is 83.2 Å². The van der Waals surface area contributed by atoms with E-state index in [1.807, 2.05) is 30.3 Å². The Morgan fingerprint density at radius 2 is 2.00 bits per heavy atom. The number of rotatable bonds is 4. The van der Waals surface area contributed by atoms with Crippen molar-refractivity contribution in [1.82, 2.24) is 15.6 Å². The third-order valence-electron chi connectivity index (χ3n) is 6.66. The average molecular weight is 486 g/mol. The number of amides is 1. The summed E-state index contributed by atoms with van der Waals surface area (Å²) in [5.74, 6) is -2.49. The Morgan fingerprint density at radius 3 is 2.68 bits per heavy atom. The van der Waals surface area contributed by atoms with Gasteiger partial charge in [-0.25, -0.2) is 8.78 Å². The molecule has 3 aromatic rings. The van der Waals surface area contributed by atoms with Crippen molar-refractivity contribution in [3.8, 4) is 16.9 Å². The third kappa shape index (κ3) is 3.40. The fourth-order valence-electron chi connectivity index (χ4n) is 5.09. The number of pyridine rings is 1. The Balaban J connectivity index is 1.78. The van der Waals surface area contributed by atoms with E-state index in [9.17, 15) is 9.59 Å². The summed E-state index contributed by atoms with van der Waals surface area (Å²) >= 11 is 6.40. The van der Waals surface area contributed by atoms with E-state index in [-0.39, 0.29) is 39.9 Å². The highest BCUT2D eigenvalue weighted by Gasteiger charge is 2.50. The van der Waals surface area contributed by atoms with Crippen LogP contribution < -0.4 is 20.9 Å². The van der Waals surface area contributed by atoms with Gasteiger partial charge in [0.25, 0.3) is 11.5 Å². The molecule has 2 atom stereocenters. The van der Waals surface area contributed by atoms with E-state index in [1.165, 1.54) is 13.1 Å². The molecular weight excluding hydrogens is 464 g/mol. The number of hydrogen-bond acceptors (Lipinski definition) is 4.